The van der Waals surface area contributed by atoms with E-state index in [1.165, 1.54) is 0 Å². The number of hydrogen-bond donors (Lipinski definition) is 1. The van der Waals surface area contributed by atoms with Crippen molar-refractivity contribution in [1.29, 1.82) is 0 Å². The van der Waals surface area contributed by atoms with E-state index in [2.05, 4.69) is 15.5 Å². The molecule has 0 aliphatic heterocycles. The molecule has 0 fully saturated rings. The molecule has 5 nitrogen and oxygen atoms in total. The number of aromatic nitrogens is 2. The van der Waals surface area contributed by atoms with E-state index in [0.29, 0.717) is 24.7 Å². The minimum Gasteiger partial charge on any atom is -0.384 e. The molecule has 0 saturated carbocycles. The maximum absolute atomic E-state index is 5.01. The lowest BCUT2D eigenvalue weighted by molar-refractivity contribution is 0.199. The fourth-order valence-electron chi connectivity index (χ4n) is 0.919. The van der Waals surface area contributed by atoms with Crippen LogP contribution < -0.4 is 5.32 Å². The first kappa shape index (κ1) is 10.1. The third kappa shape index (κ3) is 3.52. The van der Waals surface area contributed by atoms with Crippen molar-refractivity contribution in [1.82, 2.24) is 15.5 Å². The van der Waals surface area contributed by atoms with E-state index in [-0.39, 0.29) is 0 Å². The molecule has 1 aromatic heterocycles. The second-order valence-electron chi connectivity index (χ2n) is 2.70. The van der Waals surface area contributed by atoms with Crippen molar-refractivity contribution < 1.29 is 9.26 Å². The summed E-state index contributed by atoms with van der Waals surface area (Å²) in [4.78, 5) is 4.19. The predicted molar refractivity (Wildman–Crippen MR) is 47.5 cm³/mol. The molecule has 0 radical (unpaired) electrons. The molecule has 0 atom stereocenters. The Balaban J connectivity index is 2.34. The Kier molecular flexibility index (Phi) is 4.42. The molecular formula is C8H15N3O2. The summed E-state index contributed by atoms with van der Waals surface area (Å²) in [6, 6.07) is 0. The largest absolute Gasteiger partial charge is 0.384 e. The van der Waals surface area contributed by atoms with Gasteiger partial charge in [0.05, 0.1) is 6.61 Å². The van der Waals surface area contributed by atoms with Crippen LogP contribution in [0.1, 0.15) is 11.7 Å². The first-order valence-corrected chi connectivity index (χ1v) is 4.32. The average molecular weight is 185 g/mol. The third-order valence-electron chi connectivity index (χ3n) is 1.63. The van der Waals surface area contributed by atoms with Crippen LogP contribution in [-0.2, 0) is 17.6 Å². The number of rotatable bonds is 6. The molecule has 1 heterocycles. The lowest BCUT2D eigenvalue weighted by Crippen LogP contribution is -2.10. The van der Waals surface area contributed by atoms with Crippen molar-refractivity contribution in [2.45, 2.75) is 12.8 Å². The van der Waals surface area contributed by atoms with Gasteiger partial charge in [-0.15, -0.1) is 0 Å². The lowest BCUT2D eigenvalue weighted by atomic mass is 10.4. The molecule has 0 saturated heterocycles. The van der Waals surface area contributed by atoms with Crippen LogP contribution in [0, 0.1) is 0 Å². The highest BCUT2D eigenvalue weighted by atomic mass is 16.5. The molecule has 0 amide bonds. The van der Waals surface area contributed by atoms with Gasteiger partial charge in [0.25, 0.3) is 0 Å². The van der Waals surface area contributed by atoms with E-state index in [1.54, 1.807) is 7.11 Å². The molecular weight excluding hydrogens is 170 g/mol. The van der Waals surface area contributed by atoms with E-state index in [4.69, 9.17) is 9.26 Å². The number of ether oxygens (including phenoxy) is 1. The smallest absolute Gasteiger partial charge is 0.227 e. The van der Waals surface area contributed by atoms with E-state index < -0.39 is 0 Å². The number of likely N-dealkylation sites (N-methyl/N-ethyl adjacent to an activating group) is 1. The Labute approximate surface area is 77.5 Å². The Hall–Kier alpha value is -0.940. The molecule has 5 heteroatoms. The van der Waals surface area contributed by atoms with Gasteiger partial charge in [-0.1, -0.05) is 5.16 Å². The van der Waals surface area contributed by atoms with Crippen molar-refractivity contribution in [3.05, 3.63) is 11.7 Å². The summed E-state index contributed by atoms with van der Waals surface area (Å²) in [6.45, 7) is 1.48. The fraction of sp³-hybridized carbons (Fsp3) is 0.750. The molecule has 0 aromatic carbocycles. The summed E-state index contributed by atoms with van der Waals surface area (Å²) in [7, 11) is 3.55. The van der Waals surface area contributed by atoms with Gasteiger partial charge in [0.1, 0.15) is 0 Å². The first-order valence-electron chi connectivity index (χ1n) is 4.32. The van der Waals surface area contributed by atoms with Crippen LogP contribution in [0.4, 0.5) is 0 Å². The predicted octanol–water partition coefficient (Wildman–Crippen LogP) is 0.0204. The third-order valence-corrected chi connectivity index (χ3v) is 1.63. The van der Waals surface area contributed by atoms with Gasteiger partial charge in [-0.25, -0.2) is 0 Å². The van der Waals surface area contributed by atoms with Gasteiger partial charge in [-0.2, -0.15) is 4.98 Å². The van der Waals surface area contributed by atoms with Gasteiger partial charge in [0.2, 0.25) is 5.89 Å². The highest BCUT2D eigenvalue weighted by Gasteiger charge is 2.04. The normalized spacial score (nSPS) is 10.6. The van der Waals surface area contributed by atoms with Crippen molar-refractivity contribution in [2.75, 3.05) is 27.3 Å². The second kappa shape index (κ2) is 5.66. The molecule has 1 N–H and O–H groups in total. The molecule has 13 heavy (non-hydrogen) atoms. The molecule has 0 bridgehead atoms. The van der Waals surface area contributed by atoms with Gasteiger partial charge < -0.3 is 14.6 Å². The monoisotopic (exact) mass is 185 g/mol. The maximum Gasteiger partial charge on any atom is 0.227 e. The molecule has 74 valence electrons. The standard InChI is InChI=1S/C8H15N3O2/c1-9-5-3-8-10-7(11-13-8)4-6-12-2/h9H,3-6H2,1-2H3. The second-order valence-corrected chi connectivity index (χ2v) is 2.70. The maximum atomic E-state index is 5.01. The summed E-state index contributed by atoms with van der Waals surface area (Å²) in [6.07, 6.45) is 1.48. The zero-order valence-electron chi connectivity index (χ0n) is 8.04. The summed E-state index contributed by atoms with van der Waals surface area (Å²) in [5.41, 5.74) is 0. The minimum atomic E-state index is 0.630. The van der Waals surface area contributed by atoms with Crippen LogP contribution in [0.2, 0.25) is 0 Å². The zero-order valence-corrected chi connectivity index (χ0v) is 8.04. The highest BCUT2D eigenvalue weighted by molar-refractivity contribution is 4.86. The van der Waals surface area contributed by atoms with Gasteiger partial charge in [-0.3, -0.25) is 0 Å². The number of hydrogen-bond acceptors (Lipinski definition) is 5. The summed E-state index contributed by atoms with van der Waals surface area (Å²) < 4.78 is 9.91. The quantitative estimate of drug-likeness (QED) is 0.677. The SMILES string of the molecule is CNCCc1nc(CCOC)no1. The molecule has 0 unspecified atom stereocenters. The Morgan fingerprint density at radius 2 is 2.31 bits per heavy atom. The van der Waals surface area contributed by atoms with Crippen LogP contribution in [0.3, 0.4) is 0 Å². The molecule has 0 aliphatic carbocycles. The Bertz CT molecular complexity index is 215. The van der Waals surface area contributed by atoms with Crippen molar-refractivity contribution in [2.24, 2.45) is 0 Å². The van der Waals surface area contributed by atoms with E-state index in [1.807, 2.05) is 7.05 Å². The Morgan fingerprint density at radius 1 is 1.46 bits per heavy atom. The van der Waals surface area contributed by atoms with Crippen molar-refractivity contribution in [3.63, 3.8) is 0 Å². The van der Waals surface area contributed by atoms with Crippen LogP contribution in [0.5, 0.6) is 0 Å². The lowest BCUT2D eigenvalue weighted by Gasteiger charge is -1.91. The van der Waals surface area contributed by atoms with Gasteiger partial charge in [-0.05, 0) is 7.05 Å². The van der Waals surface area contributed by atoms with Crippen LogP contribution in [0.25, 0.3) is 0 Å². The minimum absolute atomic E-state index is 0.630. The molecule has 0 spiro atoms. The van der Waals surface area contributed by atoms with Crippen LogP contribution in [-0.4, -0.2) is 37.4 Å². The summed E-state index contributed by atoms with van der Waals surface area (Å²) in [5.74, 6) is 1.40. The summed E-state index contributed by atoms with van der Waals surface area (Å²) in [5, 5.41) is 6.83. The molecule has 1 rings (SSSR count). The van der Waals surface area contributed by atoms with Crippen LogP contribution in [0.15, 0.2) is 4.52 Å². The topological polar surface area (TPSA) is 60.2 Å². The number of methoxy groups -OCH3 is 1. The molecule has 0 aliphatic rings. The van der Waals surface area contributed by atoms with Crippen LogP contribution >= 0.6 is 0 Å². The fourth-order valence-corrected chi connectivity index (χ4v) is 0.919. The number of nitrogens with zero attached hydrogens (tertiary/aromatic N) is 2. The van der Waals surface area contributed by atoms with Crippen molar-refractivity contribution in [3.8, 4) is 0 Å². The van der Waals surface area contributed by atoms with E-state index >= 15 is 0 Å². The van der Waals surface area contributed by atoms with Crippen molar-refractivity contribution >= 4 is 0 Å². The highest BCUT2D eigenvalue weighted by Crippen LogP contribution is 1.98. The summed E-state index contributed by atoms with van der Waals surface area (Å²) >= 11 is 0. The van der Waals surface area contributed by atoms with E-state index in [0.717, 1.165) is 13.0 Å². The number of nitrogens with one attached hydrogen (secondary N) is 1. The van der Waals surface area contributed by atoms with Gasteiger partial charge in [0.15, 0.2) is 5.82 Å². The Morgan fingerprint density at radius 3 is 3.00 bits per heavy atom. The first-order chi connectivity index (χ1) is 6.36. The van der Waals surface area contributed by atoms with E-state index in [9.17, 15) is 0 Å². The average Bonchev–Trinajstić information content (AvgIpc) is 2.59. The molecule has 1 aromatic rings. The van der Waals surface area contributed by atoms with Gasteiger partial charge in [0, 0.05) is 26.5 Å². The zero-order chi connectivity index (χ0) is 9.52. The van der Waals surface area contributed by atoms with Gasteiger partial charge >= 0.3 is 0 Å².